The van der Waals surface area contributed by atoms with E-state index in [2.05, 4.69) is 5.32 Å². The summed E-state index contributed by atoms with van der Waals surface area (Å²) in [4.78, 5) is 11.2. The molecule has 0 bridgehead atoms. The molecule has 2 N–H and O–H groups in total. The quantitative estimate of drug-likeness (QED) is 0.727. The molecular formula is C15H23NO4. The van der Waals surface area contributed by atoms with Crippen molar-refractivity contribution in [2.24, 2.45) is 0 Å². The maximum absolute atomic E-state index is 11.2. The fraction of sp³-hybridized carbons (Fsp3) is 0.533. The predicted octanol–water partition coefficient (Wildman–Crippen LogP) is 2.44. The standard InChI is InChI=1S/C15H23NO4/c1-4-6-13(15(17)18)20-14-9-11(10-16-5-2)7-8-12(14)19-3/h7-9,13,16H,4-6,10H2,1-3H3,(H,17,18). The first kappa shape index (κ1) is 16.3. The van der Waals surface area contributed by atoms with Crippen molar-refractivity contribution in [1.82, 2.24) is 5.32 Å². The number of carboxylic acid groups (broad SMARTS) is 1. The van der Waals surface area contributed by atoms with Crippen LogP contribution in [-0.2, 0) is 11.3 Å². The van der Waals surface area contributed by atoms with E-state index in [4.69, 9.17) is 14.6 Å². The lowest BCUT2D eigenvalue weighted by molar-refractivity contribution is -0.145. The van der Waals surface area contributed by atoms with Gasteiger partial charge in [-0.2, -0.15) is 0 Å². The van der Waals surface area contributed by atoms with Gasteiger partial charge in [0.2, 0.25) is 0 Å². The molecule has 112 valence electrons. The maximum atomic E-state index is 11.2. The van der Waals surface area contributed by atoms with Gasteiger partial charge in [-0.05, 0) is 30.7 Å². The van der Waals surface area contributed by atoms with Crippen LogP contribution in [0.4, 0.5) is 0 Å². The van der Waals surface area contributed by atoms with Crippen molar-refractivity contribution in [3.63, 3.8) is 0 Å². The second-order valence-electron chi connectivity index (χ2n) is 4.50. The first-order valence-electron chi connectivity index (χ1n) is 6.89. The Morgan fingerprint density at radius 3 is 2.65 bits per heavy atom. The van der Waals surface area contributed by atoms with E-state index >= 15 is 0 Å². The van der Waals surface area contributed by atoms with Crippen molar-refractivity contribution in [1.29, 1.82) is 0 Å². The van der Waals surface area contributed by atoms with E-state index in [0.717, 1.165) is 18.5 Å². The zero-order valence-corrected chi connectivity index (χ0v) is 12.3. The Kier molecular flexibility index (Phi) is 6.87. The first-order chi connectivity index (χ1) is 9.62. The third-order valence-electron chi connectivity index (χ3n) is 2.90. The van der Waals surface area contributed by atoms with Crippen LogP contribution >= 0.6 is 0 Å². The summed E-state index contributed by atoms with van der Waals surface area (Å²) >= 11 is 0. The highest BCUT2D eigenvalue weighted by atomic mass is 16.5. The minimum atomic E-state index is -0.953. The summed E-state index contributed by atoms with van der Waals surface area (Å²) in [6, 6.07) is 5.56. The number of carboxylic acids is 1. The Labute approximate surface area is 119 Å². The summed E-state index contributed by atoms with van der Waals surface area (Å²) in [6.45, 7) is 5.54. The van der Waals surface area contributed by atoms with Crippen molar-refractivity contribution in [3.05, 3.63) is 23.8 Å². The van der Waals surface area contributed by atoms with Crippen LogP contribution in [0.5, 0.6) is 11.5 Å². The minimum absolute atomic E-state index is 0.468. The smallest absolute Gasteiger partial charge is 0.344 e. The van der Waals surface area contributed by atoms with Crippen LogP contribution in [0.1, 0.15) is 32.3 Å². The minimum Gasteiger partial charge on any atom is -0.493 e. The molecule has 0 radical (unpaired) electrons. The van der Waals surface area contributed by atoms with Gasteiger partial charge < -0.3 is 19.9 Å². The van der Waals surface area contributed by atoms with Crippen LogP contribution in [0.3, 0.4) is 0 Å². The molecule has 1 rings (SSSR count). The second kappa shape index (κ2) is 8.43. The predicted molar refractivity (Wildman–Crippen MR) is 77.3 cm³/mol. The van der Waals surface area contributed by atoms with E-state index in [0.29, 0.717) is 24.5 Å². The van der Waals surface area contributed by atoms with Gasteiger partial charge in [0.25, 0.3) is 0 Å². The summed E-state index contributed by atoms with van der Waals surface area (Å²) in [5.41, 5.74) is 1.03. The van der Waals surface area contributed by atoms with Crippen LogP contribution in [-0.4, -0.2) is 30.8 Å². The summed E-state index contributed by atoms with van der Waals surface area (Å²) in [5.74, 6) is 0.0716. The van der Waals surface area contributed by atoms with Gasteiger partial charge in [-0.25, -0.2) is 4.79 Å². The maximum Gasteiger partial charge on any atom is 0.344 e. The van der Waals surface area contributed by atoms with E-state index in [1.165, 1.54) is 0 Å². The molecular weight excluding hydrogens is 258 g/mol. The Bertz CT molecular complexity index is 434. The molecule has 5 heteroatoms. The zero-order valence-electron chi connectivity index (χ0n) is 12.3. The molecule has 5 nitrogen and oxygen atoms in total. The molecule has 0 aliphatic heterocycles. The normalized spacial score (nSPS) is 11.9. The molecule has 0 aliphatic carbocycles. The van der Waals surface area contributed by atoms with Gasteiger partial charge in [0.1, 0.15) is 0 Å². The number of hydrogen-bond acceptors (Lipinski definition) is 4. The van der Waals surface area contributed by atoms with Crippen LogP contribution in [0.25, 0.3) is 0 Å². The Morgan fingerprint density at radius 1 is 1.35 bits per heavy atom. The summed E-state index contributed by atoms with van der Waals surface area (Å²) in [6.07, 6.45) is 0.370. The van der Waals surface area contributed by atoms with Gasteiger partial charge in [-0.3, -0.25) is 0 Å². The SMILES string of the molecule is CCCC(Oc1cc(CNCC)ccc1OC)C(=O)O. The molecule has 0 saturated carbocycles. The molecule has 0 fully saturated rings. The van der Waals surface area contributed by atoms with Gasteiger partial charge in [0.05, 0.1) is 7.11 Å². The molecule has 1 aromatic rings. The van der Waals surface area contributed by atoms with Gasteiger partial charge in [0.15, 0.2) is 17.6 Å². The lowest BCUT2D eigenvalue weighted by Crippen LogP contribution is -2.27. The number of rotatable bonds is 9. The van der Waals surface area contributed by atoms with E-state index in [1.54, 1.807) is 13.2 Å². The third kappa shape index (κ3) is 4.74. The molecule has 0 saturated heterocycles. The van der Waals surface area contributed by atoms with Crippen molar-refractivity contribution in [2.75, 3.05) is 13.7 Å². The Morgan fingerprint density at radius 2 is 2.10 bits per heavy atom. The van der Waals surface area contributed by atoms with Crippen LogP contribution < -0.4 is 14.8 Å². The lowest BCUT2D eigenvalue weighted by atomic mass is 10.1. The van der Waals surface area contributed by atoms with E-state index in [9.17, 15) is 4.79 Å². The molecule has 0 spiro atoms. The van der Waals surface area contributed by atoms with Crippen LogP contribution in [0.15, 0.2) is 18.2 Å². The largest absolute Gasteiger partial charge is 0.493 e. The average Bonchev–Trinajstić information content (AvgIpc) is 2.44. The summed E-state index contributed by atoms with van der Waals surface area (Å²) < 4.78 is 10.8. The van der Waals surface area contributed by atoms with E-state index < -0.39 is 12.1 Å². The van der Waals surface area contributed by atoms with Crippen molar-refractivity contribution in [2.45, 2.75) is 39.3 Å². The second-order valence-corrected chi connectivity index (χ2v) is 4.50. The average molecular weight is 281 g/mol. The first-order valence-corrected chi connectivity index (χ1v) is 6.89. The topological polar surface area (TPSA) is 67.8 Å². The molecule has 1 aromatic carbocycles. The van der Waals surface area contributed by atoms with Gasteiger partial charge in [-0.1, -0.05) is 26.3 Å². The third-order valence-corrected chi connectivity index (χ3v) is 2.90. The van der Waals surface area contributed by atoms with Crippen molar-refractivity contribution < 1.29 is 19.4 Å². The highest BCUT2D eigenvalue weighted by molar-refractivity contribution is 5.72. The monoisotopic (exact) mass is 281 g/mol. The summed E-state index contributed by atoms with van der Waals surface area (Å²) in [5, 5.41) is 12.4. The van der Waals surface area contributed by atoms with E-state index in [-0.39, 0.29) is 0 Å². The molecule has 1 unspecified atom stereocenters. The lowest BCUT2D eigenvalue weighted by Gasteiger charge is -2.17. The van der Waals surface area contributed by atoms with Crippen molar-refractivity contribution >= 4 is 5.97 Å². The number of ether oxygens (including phenoxy) is 2. The molecule has 20 heavy (non-hydrogen) atoms. The van der Waals surface area contributed by atoms with Gasteiger partial charge >= 0.3 is 5.97 Å². The van der Waals surface area contributed by atoms with Gasteiger partial charge in [0, 0.05) is 6.54 Å². The molecule has 1 atom stereocenters. The highest BCUT2D eigenvalue weighted by Crippen LogP contribution is 2.29. The molecule has 0 amide bonds. The van der Waals surface area contributed by atoms with Crippen LogP contribution in [0.2, 0.25) is 0 Å². The zero-order chi connectivity index (χ0) is 15.0. The fourth-order valence-corrected chi connectivity index (χ4v) is 1.84. The van der Waals surface area contributed by atoms with E-state index in [1.807, 2.05) is 26.0 Å². The number of hydrogen-bond donors (Lipinski definition) is 2. The Hall–Kier alpha value is -1.75. The number of benzene rings is 1. The number of aliphatic carboxylic acids is 1. The van der Waals surface area contributed by atoms with Gasteiger partial charge in [-0.15, -0.1) is 0 Å². The number of methoxy groups -OCH3 is 1. The summed E-state index contributed by atoms with van der Waals surface area (Å²) in [7, 11) is 1.54. The molecule has 0 aliphatic rings. The van der Waals surface area contributed by atoms with Crippen LogP contribution in [0, 0.1) is 0 Å². The molecule has 0 aromatic heterocycles. The highest BCUT2D eigenvalue weighted by Gasteiger charge is 2.20. The number of nitrogens with one attached hydrogen (secondary N) is 1. The Balaban J connectivity index is 2.91. The molecule has 0 heterocycles. The van der Waals surface area contributed by atoms with Crippen molar-refractivity contribution in [3.8, 4) is 11.5 Å². The fourth-order valence-electron chi connectivity index (χ4n) is 1.84. The number of carbonyl (C=O) groups is 1.